The number of hydrogen-bond donors (Lipinski definition) is 7. The van der Waals surface area contributed by atoms with Crippen LogP contribution in [0.15, 0.2) is 54.6 Å². The van der Waals surface area contributed by atoms with Crippen molar-refractivity contribution in [2.24, 2.45) is 29.4 Å². The molecule has 10 atom stereocenters. The number of rotatable bonds is 37. The molecule has 2 aromatic rings. The Kier molecular flexibility index (Phi) is 32.4. The van der Waals surface area contributed by atoms with Crippen LogP contribution < -0.4 is 37.6 Å². The van der Waals surface area contributed by atoms with Gasteiger partial charge in [0.1, 0.15) is 23.7 Å². The Morgan fingerprint density at radius 1 is 0.739 bits per heavy atom. The minimum absolute atomic E-state index is 0.0442. The van der Waals surface area contributed by atoms with E-state index in [4.69, 9.17) is 24.7 Å². The predicted octanol–water partition coefficient (Wildman–Crippen LogP) is 6.10. The number of carbonyl (C=O) groups excluding carboxylic acids is 9. The van der Waals surface area contributed by atoms with Crippen LogP contribution in [0.25, 0.3) is 0 Å². The predicted molar refractivity (Wildman–Crippen MR) is 338 cm³/mol. The van der Waals surface area contributed by atoms with Gasteiger partial charge in [-0.15, -0.1) is 0 Å². The van der Waals surface area contributed by atoms with Crippen LogP contribution in [0.2, 0.25) is 0 Å². The van der Waals surface area contributed by atoms with Crippen molar-refractivity contribution in [3.8, 4) is 0 Å². The number of esters is 1. The van der Waals surface area contributed by atoms with Crippen LogP contribution in [0.5, 0.6) is 0 Å². The molecular formula is C65H106N10O13. The fraction of sp³-hybridized carbons (Fsp3) is 0.677. The van der Waals surface area contributed by atoms with Crippen molar-refractivity contribution in [1.29, 1.82) is 0 Å². The molecule has 0 aromatic heterocycles. The Labute approximate surface area is 523 Å². The van der Waals surface area contributed by atoms with Crippen LogP contribution >= 0.6 is 0 Å². The van der Waals surface area contributed by atoms with Crippen LogP contribution in [0, 0.1) is 23.7 Å². The lowest BCUT2D eigenvalue weighted by molar-refractivity contribution is -0.148. The Morgan fingerprint density at radius 2 is 1.40 bits per heavy atom. The van der Waals surface area contributed by atoms with E-state index in [0.29, 0.717) is 70.3 Å². The minimum atomic E-state index is -0.994. The summed E-state index contributed by atoms with van der Waals surface area (Å²) in [5.41, 5.74) is 6.69. The number of methoxy groups -OCH3 is 3. The van der Waals surface area contributed by atoms with Crippen molar-refractivity contribution in [2.45, 2.75) is 201 Å². The maximum atomic E-state index is 14.6. The molecule has 88 heavy (non-hydrogen) atoms. The SMILES string of the molecule is CCCCN(C(=O)CNC(=O)[C@H](C(C)C)N(C)CCc1ccc(NC(=O)[C@H](CCCCNC(N)=O)NC(=O)[C@@H](NC(=O)OC(C)(C)C)C(C)C)cc1)[C@@H]([C@@H](C)CC)[C@@H](CC(=O)N1CCC[C@H]1[C@H](OC)[C@@H](C)C(=O)N[C@@H](Cc1ccccc1)C(=O)OC)OC. The monoisotopic (exact) mass is 1230 g/mol. The number of benzene rings is 2. The number of hydrogen-bond acceptors (Lipinski definition) is 14. The third-order valence-corrected chi connectivity index (χ3v) is 16.2. The van der Waals surface area contributed by atoms with Crippen LogP contribution in [-0.2, 0) is 65.4 Å². The number of urea groups is 1. The van der Waals surface area contributed by atoms with Crippen LogP contribution in [-0.4, -0.2) is 183 Å². The molecule has 494 valence electrons. The van der Waals surface area contributed by atoms with Crippen molar-refractivity contribution in [3.63, 3.8) is 0 Å². The molecule has 8 N–H and O–H groups in total. The summed E-state index contributed by atoms with van der Waals surface area (Å²) in [6, 6.07) is 11.4. The highest BCUT2D eigenvalue weighted by Gasteiger charge is 2.43. The number of nitrogens with one attached hydrogen (secondary N) is 6. The van der Waals surface area contributed by atoms with Gasteiger partial charge in [-0.3, -0.25) is 33.7 Å². The maximum absolute atomic E-state index is 14.6. The van der Waals surface area contributed by atoms with Crippen LogP contribution in [0.1, 0.15) is 145 Å². The van der Waals surface area contributed by atoms with Gasteiger partial charge >= 0.3 is 18.1 Å². The van der Waals surface area contributed by atoms with Crippen LogP contribution in [0.4, 0.5) is 15.3 Å². The molecule has 9 amide bonds. The Balaban J connectivity index is 1.72. The first kappa shape index (κ1) is 75.4. The Bertz CT molecular complexity index is 2530. The lowest BCUT2D eigenvalue weighted by Crippen LogP contribution is -2.57. The lowest BCUT2D eigenvalue weighted by Gasteiger charge is -2.41. The summed E-state index contributed by atoms with van der Waals surface area (Å²) in [6.07, 6.45) is 3.18. The minimum Gasteiger partial charge on any atom is -0.467 e. The van der Waals surface area contributed by atoms with Gasteiger partial charge in [-0.1, -0.05) is 111 Å². The van der Waals surface area contributed by atoms with E-state index in [0.717, 1.165) is 17.5 Å². The zero-order chi connectivity index (χ0) is 65.8. The number of unbranched alkanes of at least 4 members (excludes halogenated alkanes) is 2. The third-order valence-electron chi connectivity index (χ3n) is 16.2. The standard InChI is InChI=1S/C65H106N10O13/c1-16-18-35-75(56(43(7)17-2)51(85-13)39-52(76)74-36-24-28-50(74)57(86-14)44(8)58(78)71-49(62(82)87-15)38-46-25-20-19-21-26-46)53(77)40-68-61(81)55(42(5)6)73(12)37-33-45-29-31-47(32-30-45)69-59(79)48(27-22-23-34-67-63(66)83)70-60(80)54(41(3)4)72-64(84)88-65(9,10)11/h19-21,25-26,29-32,41-44,48-51,54-57H,16-18,22-24,27-28,33-40H2,1-15H3,(H,68,81)(H,69,79)(H,70,80)(H,71,78)(H,72,84)(H3,66,67,83)/t43-,44+,48-,49-,50-,51+,54-,55-,56-,57+/m0/s1. The molecule has 0 radical (unpaired) electrons. The highest BCUT2D eigenvalue weighted by Crippen LogP contribution is 2.30. The summed E-state index contributed by atoms with van der Waals surface area (Å²) in [7, 11) is 6.20. The van der Waals surface area contributed by atoms with Gasteiger partial charge in [-0.2, -0.15) is 0 Å². The van der Waals surface area contributed by atoms with E-state index in [-0.39, 0.29) is 67.8 Å². The molecule has 0 saturated carbocycles. The average molecular weight is 1240 g/mol. The summed E-state index contributed by atoms with van der Waals surface area (Å²) in [5, 5.41) is 16.7. The smallest absolute Gasteiger partial charge is 0.408 e. The topological polar surface area (TPSA) is 298 Å². The van der Waals surface area contributed by atoms with E-state index in [2.05, 4.69) is 31.9 Å². The first-order chi connectivity index (χ1) is 41.6. The molecule has 1 fully saturated rings. The number of ether oxygens (including phenoxy) is 4. The third kappa shape index (κ3) is 24.6. The highest BCUT2D eigenvalue weighted by atomic mass is 16.6. The summed E-state index contributed by atoms with van der Waals surface area (Å²) >= 11 is 0. The molecule has 3 rings (SSSR count). The van der Waals surface area contributed by atoms with Gasteiger partial charge in [-0.25, -0.2) is 14.4 Å². The number of alkyl carbamates (subject to hydrolysis) is 1. The van der Waals surface area contributed by atoms with E-state index in [1.54, 1.807) is 70.6 Å². The summed E-state index contributed by atoms with van der Waals surface area (Å²) in [5.74, 6) is -4.14. The molecule has 1 aliphatic heterocycles. The molecule has 1 saturated heterocycles. The Morgan fingerprint density at radius 3 is 1.97 bits per heavy atom. The fourth-order valence-electron chi connectivity index (χ4n) is 11.3. The molecule has 23 nitrogen and oxygen atoms in total. The van der Waals surface area contributed by atoms with Gasteiger partial charge < -0.3 is 66.4 Å². The second-order valence-corrected chi connectivity index (χ2v) is 24.9. The molecule has 23 heteroatoms. The molecular weight excluding hydrogens is 1130 g/mol. The first-order valence-electron chi connectivity index (χ1n) is 31.4. The molecule has 0 unspecified atom stereocenters. The van der Waals surface area contributed by atoms with E-state index in [1.807, 2.05) is 89.0 Å². The molecule has 1 aliphatic rings. The fourth-order valence-corrected chi connectivity index (χ4v) is 11.3. The number of carbonyl (C=O) groups is 9. The van der Waals surface area contributed by atoms with Crippen molar-refractivity contribution in [2.75, 3.05) is 66.4 Å². The number of likely N-dealkylation sites (N-methyl/N-ethyl adjacent to an activating group) is 1. The van der Waals surface area contributed by atoms with E-state index in [1.165, 1.54) is 14.2 Å². The molecule has 1 heterocycles. The zero-order valence-electron chi connectivity index (χ0n) is 55.2. The van der Waals surface area contributed by atoms with Crippen molar-refractivity contribution >= 4 is 59.2 Å². The van der Waals surface area contributed by atoms with Gasteiger partial charge in [0, 0.05) is 52.5 Å². The quantitative estimate of drug-likeness (QED) is 0.0297. The van der Waals surface area contributed by atoms with Crippen molar-refractivity contribution in [3.05, 3.63) is 65.7 Å². The maximum Gasteiger partial charge on any atom is 0.408 e. The second kappa shape index (κ2) is 37.9. The number of primary amides is 1. The van der Waals surface area contributed by atoms with Gasteiger partial charge in [0.25, 0.3) is 0 Å². The molecule has 0 bridgehead atoms. The molecule has 0 aliphatic carbocycles. The van der Waals surface area contributed by atoms with Gasteiger partial charge in [-0.05, 0) is 114 Å². The molecule has 0 spiro atoms. The van der Waals surface area contributed by atoms with Crippen molar-refractivity contribution < 1.29 is 62.1 Å². The summed E-state index contributed by atoms with van der Waals surface area (Å²) < 4.78 is 22.6. The summed E-state index contributed by atoms with van der Waals surface area (Å²) in [6.45, 7) is 21.7. The number of nitrogens with zero attached hydrogens (tertiary/aromatic N) is 3. The zero-order valence-corrected chi connectivity index (χ0v) is 55.2. The van der Waals surface area contributed by atoms with Gasteiger partial charge in [0.2, 0.25) is 35.4 Å². The van der Waals surface area contributed by atoms with Crippen molar-refractivity contribution in [1.82, 2.24) is 41.3 Å². The van der Waals surface area contributed by atoms with Crippen LogP contribution in [0.3, 0.4) is 0 Å². The lowest BCUT2D eigenvalue weighted by atomic mass is 9.89. The summed E-state index contributed by atoms with van der Waals surface area (Å²) in [4.78, 5) is 127. The second-order valence-electron chi connectivity index (χ2n) is 24.9. The Hall–Kier alpha value is -6.85. The number of amides is 9. The van der Waals surface area contributed by atoms with Gasteiger partial charge in [0.05, 0.1) is 56.3 Å². The first-order valence-corrected chi connectivity index (χ1v) is 31.4. The van der Waals surface area contributed by atoms with E-state index >= 15 is 0 Å². The van der Waals surface area contributed by atoms with E-state index in [9.17, 15) is 43.2 Å². The number of likely N-dealkylation sites (tertiary alicyclic amines) is 1. The average Bonchev–Trinajstić information content (AvgIpc) is 4.19. The number of anilines is 1. The van der Waals surface area contributed by atoms with E-state index < -0.39 is 95.8 Å². The molecule has 2 aromatic carbocycles. The highest BCUT2D eigenvalue weighted by molar-refractivity contribution is 5.98. The van der Waals surface area contributed by atoms with Gasteiger partial charge in [0.15, 0.2) is 0 Å². The largest absolute Gasteiger partial charge is 0.467 e. The number of nitrogens with two attached hydrogens (primary N) is 1. The normalized spacial score (nSPS) is 16.4.